The van der Waals surface area contributed by atoms with E-state index in [2.05, 4.69) is 26.3 Å². The van der Waals surface area contributed by atoms with Crippen molar-refractivity contribution in [1.29, 1.82) is 0 Å². The lowest BCUT2D eigenvalue weighted by Crippen LogP contribution is -2.50. The minimum atomic E-state index is -1.00. The average molecular weight is 521 g/mol. The Morgan fingerprint density at radius 2 is 1.71 bits per heavy atom. The Balaban J connectivity index is 1.85. The number of nitrogens with zero attached hydrogens (tertiary/aromatic N) is 1. The molecule has 0 aliphatic heterocycles. The fourth-order valence-electron chi connectivity index (χ4n) is 4.84. The lowest BCUT2D eigenvalue weighted by Gasteiger charge is -2.34. The van der Waals surface area contributed by atoms with Gasteiger partial charge in [0.1, 0.15) is 0 Å². The number of carboxylic acid groups (broad SMARTS) is 1. The van der Waals surface area contributed by atoms with Gasteiger partial charge in [-0.2, -0.15) is 0 Å². The number of alkyl halides is 2. The molecule has 2 amide bonds. The second-order valence-corrected chi connectivity index (χ2v) is 11.0. The Kier molecular flexibility index (Phi) is 11.7. The molecule has 0 aromatic heterocycles. The third kappa shape index (κ3) is 9.86. The highest BCUT2D eigenvalue weighted by atomic mass is 35.5. The van der Waals surface area contributed by atoms with Crippen molar-refractivity contribution >= 4 is 46.9 Å². The molecule has 2 fully saturated rings. The molecule has 5 atom stereocenters. The molecule has 34 heavy (non-hydrogen) atoms. The van der Waals surface area contributed by atoms with Crippen LogP contribution in [0.15, 0.2) is 4.99 Å². The summed E-state index contributed by atoms with van der Waals surface area (Å²) in [4.78, 5) is 40.9. The molecule has 0 aromatic carbocycles. The lowest BCUT2D eigenvalue weighted by atomic mass is 9.82. The lowest BCUT2D eigenvalue weighted by molar-refractivity contribution is -0.138. The first-order chi connectivity index (χ1) is 16.1. The van der Waals surface area contributed by atoms with Gasteiger partial charge in [0.05, 0.1) is 13.0 Å². The van der Waals surface area contributed by atoms with Gasteiger partial charge in [-0.1, -0.05) is 6.42 Å². The molecule has 9 nitrogen and oxygen atoms in total. The Morgan fingerprint density at radius 3 is 2.29 bits per heavy atom. The van der Waals surface area contributed by atoms with Crippen LogP contribution in [0.1, 0.15) is 65.2 Å². The molecule has 5 N–H and O–H groups in total. The molecule has 2 rings (SSSR count). The van der Waals surface area contributed by atoms with Crippen molar-refractivity contribution in [2.45, 2.75) is 94.1 Å². The van der Waals surface area contributed by atoms with Crippen LogP contribution in [0, 0.1) is 11.8 Å². The van der Waals surface area contributed by atoms with Crippen LogP contribution < -0.4 is 21.3 Å². The predicted octanol–water partition coefficient (Wildman–Crippen LogP) is 2.21. The number of nitrogens with one attached hydrogen (secondary N) is 4. The van der Waals surface area contributed by atoms with Crippen molar-refractivity contribution in [1.82, 2.24) is 21.3 Å². The van der Waals surface area contributed by atoms with Crippen LogP contribution in [0.25, 0.3) is 0 Å². The summed E-state index contributed by atoms with van der Waals surface area (Å²) in [5, 5.41) is 21.2. The zero-order valence-electron chi connectivity index (χ0n) is 20.3. The Labute approximate surface area is 212 Å². The van der Waals surface area contributed by atoms with E-state index >= 15 is 0 Å². The van der Waals surface area contributed by atoms with E-state index in [1.807, 2.05) is 13.8 Å². The van der Waals surface area contributed by atoms with E-state index in [0.29, 0.717) is 31.6 Å². The highest BCUT2D eigenvalue weighted by molar-refractivity contribution is 6.23. The number of rotatable bonds is 9. The molecular formula is C23H39Cl2N5O4. The number of guanidine groups is 1. The number of amides is 2. The van der Waals surface area contributed by atoms with E-state index in [1.165, 1.54) is 0 Å². The first-order valence-electron chi connectivity index (χ1n) is 12.1. The van der Waals surface area contributed by atoms with Crippen molar-refractivity contribution in [3.8, 4) is 0 Å². The van der Waals surface area contributed by atoms with Crippen LogP contribution in [0.4, 0.5) is 0 Å². The summed E-state index contributed by atoms with van der Waals surface area (Å²) < 4.78 is 0. The number of aliphatic imine (C=N–C) groups is 1. The van der Waals surface area contributed by atoms with Gasteiger partial charge in [-0.3, -0.25) is 19.4 Å². The maximum Gasteiger partial charge on any atom is 0.305 e. The molecule has 2 aliphatic carbocycles. The summed E-state index contributed by atoms with van der Waals surface area (Å²) in [5.74, 6) is -1.17. The van der Waals surface area contributed by atoms with Crippen LogP contribution in [0.3, 0.4) is 0 Å². The molecule has 5 unspecified atom stereocenters. The zero-order chi connectivity index (χ0) is 25.3. The number of hydrogen-bond acceptors (Lipinski definition) is 4. The van der Waals surface area contributed by atoms with Crippen molar-refractivity contribution in [3.05, 3.63) is 0 Å². The van der Waals surface area contributed by atoms with Crippen LogP contribution >= 0.6 is 23.2 Å². The van der Waals surface area contributed by atoms with Gasteiger partial charge in [0.2, 0.25) is 11.8 Å². The second kappa shape index (κ2) is 14.0. The molecule has 0 saturated heterocycles. The SMILES string of the molecule is CN=C(NC(C)C)NC1CCCC(C(=O)NCC(=O)NC(CC(=O)O)C2CC(Cl)CC(Cl)C2)C1. The fourth-order valence-corrected chi connectivity index (χ4v) is 5.82. The molecule has 2 saturated carbocycles. The summed E-state index contributed by atoms with van der Waals surface area (Å²) in [6.07, 6.45) is 4.93. The molecule has 0 radical (unpaired) electrons. The van der Waals surface area contributed by atoms with Gasteiger partial charge in [-0.25, -0.2) is 0 Å². The van der Waals surface area contributed by atoms with Crippen LogP contribution in [-0.4, -0.2) is 71.3 Å². The summed E-state index contributed by atoms with van der Waals surface area (Å²) in [5.41, 5.74) is 0. The summed E-state index contributed by atoms with van der Waals surface area (Å²) in [6.45, 7) is 3.88. The maximum atomic E-state index is 12.7. The molecule has 0 aromatic rings. The van der Waals surface area contributed by atoms with Crippen molar-refractivity contribution in [2.24, 2.45) is 16.8 Å². The van der Waals surface area contributed by atoms with Crippen molar-refractivity contribution < 1.29 is 19.5 Å². The molecule has 2 aliphatic rings. The molecule has 11 heteroatoms. The molecule has 0 bridgehead atoms. The smallest absolute Gasteiger partial charge is 0.305 e. The van der Waals surface area contributed by atoms with E-state index in [-0.39, 0.29) is 53.5 Å². The molecule has 0 heterocycles. The minimum Gasteiger partial charge on any atom is -0.481 e. The predicted molar refractivity (Wildman–Crippen MR) is 134 cm³/mol. The van der Waals surface area contributed by atoms with E-state index in [4.69, 9.17) is 23.2 Å². The first-order valence-corrected chi connectivity index (χ1v) is 13.0. The highest BCUT2D eigenvalue weighted by Gasteiger charge is 2.34. The Bertz CT molecular complexity index is 726. The van der Waals surface area contributed by atoms with Gasteiger partial charge in [0.15, 0.2) is 5.96 Å². The fraction of sp³-hybridized carbons (Fsp3) is 0.826. The van der Waals surface area contributed by atoms with Crippen LogP contribution in [0.5, 0.6) is 0 Å². The average Bonchev–Trinajstić information content (AvgIpc) is 2.75. The van der Waals surface area contributed by atoms with Gasteiger partial charge in [-0.15, -0.1) is 23.2 Å². The van der Waals surface area contributed by atoms with Crippen molar-refractivity contribution in [2.75, 3.05) is 13.6 Å². The Morgan fingerprint density at radius 1 is 1.03 bits per heavy atom. The van der Waals surface area contributed by atoms with Crippen molar-refractivity contribution in [3.63, 3.8) is 0 Å². The highest BCUT2D eigenvalue weighted by Crippen LogP contribution is 2.34. The number of hydrogen-bond donors (Lipinski definition) is 5. The summed E-state index contributed by atoms with van der Waals surface area (Å²) in [7, 11) is 1.72. The van der Waals surface area contributed by atoms with E-state index < -0.39 is 17.9 Å². The normalized spacial score (nSPS) is 28.6. The number of carboxylic acids is 1. The van der Waals surface area contributed by atoms with Gasteiger partial charge in [0, 0.05) is 41.8 Å². The number of carbonyl (C=O) groups excluding carboxylic acids is 2. The van der Waals surface area contributed by atoms with E-state index in [0.717, 1.165) is 19.3 Å². The van der Waals surface area contributed by atoms with E-state index in [1.54, 1.807) is 7.05 Å². The second-order valence-electron chi connectivity index (χ2n) is 9.73. The standard InChI is InChI=1S/C23H39Cl2N5O4/c1-13(2)28-23(26-3)29-18-6-4-5-14(9-18)22(34)27-12-20(31)30-19(11-21(32)33)15-7-16(24)10-17(25)8-15/h13-19H,4-12H2,1-3H3,(H,27,34)(H,30,31)(H,32,33)(H2,26,28,29). The number of halogens is 2. The third-order valence-electron chi connectivity index (χ3n) is 6.40. The van der Waals surface area contributed by atoms with E-state index in [9.17, 15) is 19.5 Å². The van der Waals surface area contributed by atoms with Gasteiger partial charge >= 0.3 is 5.97 Å². The molecular weight excluding hydrogens is 481 g/mol. The van der Waals surface area contributed by atoms with Crippen LogP contribution in [-0.2, 0) is 14.4 Å². The third-order valence-corrected chi connectivity index (χ3v) is 7.11. The zero-order valence-corrected chi connectivity index (χ0v) is 21.8. The Hall–Kier alpha value is -1.74. The summed E-state index contributed by atoms with van der Waals surface area (Å²) in [6, 6.07) is -0.202. The quantitative estimate of drug-likeness (QED) is 0.180. The topological polar surface area (TPSA) is 132 Å². The van der Waals surface area contributed by atoms with Gasteiger partial charge in [0.25, 0.3) is 0 Å². The van der Waals surface area contributed by atoms with Gasteiger partial charge < -0.3 is 26.4 Å². The summed E-state index contributed by atoms with van der Waals surface area (Å²) >= 11 is 12.5. The molecule has 0 spiro atoms. The minimum absolute atomic E-state index is 0.117. The van der Waals surface area contributed by atoms with Crippen LogP contribution in [0.2, 0.25) is 0 Å². The maximum absolute atomic E-state index is 12.7. The number of aliphatic carboxylic acids is 1. The monoisotopic (exact) mass is 519 g/mol. The largest absolute Gasteiger partial charge is 0.481 e. The van der Waals surface area contributed by atoms with Gasteiger partial charge in [-0.05, 0) is 58.3 Å². The molecule has 194 valence electrons. The number of carbonyl (C=O) groups is 3. The first kappa shape index (κ1) is 28.5.